The molecule has 70 valence electrons. The zero-order valence-electron chi connectivity index (χ0n) is 7.63. The average Bonchev–Trinajstić information content (AvgIpc) is 2.14. The second-order valence-electron chi connectivity index (χ2n) is 2.71. The van der Waals surface area contributed by atoms with Crippen LogP contribution in [0.1, 0.15) is 18.5 Å². The van der Waals surface area contributed by atoms with Crippen LogP contribution in [0.25, 0.3) is 0 Å². The highest BCUT2D eigenvalue weighted by atomic mass is 79.9. The Bertz CT molecular complexity index is 286. The molecule has 0 aliphatic heterocycles. The molecule has 0 aromatic carbocycles. The lowest BCUT2D eigenvalue weighted by molar-refractivity contribution is 0.647. The highest BCUT2D eigenvalue weighted by Crippen LogP contribution is 2.16. The molecule has 1 aromatic heterocycles. The van der Waals surface area contributed by atoms with Crippen molar-refractivity contribution in [2.24, 2.45) is 0 Å². The van der Waals surface area contributed by atoms with Crippen molar-refractivity contribution in [3.63, 3.8) is 0 Å². The van der Waals surface area contributed by atoms with Crippen LogP contribution in [0.3, 0.4) is 0 Å². The fourth-order valence-corrected chi connectivity index (χ4v) is 1.54. The molecule has 0 amide bonds. The van der Waals surface area contributed by atoms with Crippen molar-refractivity contribution in [2.75, 3.05) is 6.54 Å². The van der Waals surface area contributed by atoms with Crippen LogP contribution in [-0.4, -0.2) is 11.5 Å². The normalized spacial score (nSPS) is 12.5. The van der Waals surface area contributed by atoms with Crippen LogP contribution >= 0.6 is 15.9 Å². The van der Waals surface area contributed by atoms with Gasteiger partial charge < -0.3 is 5.32 Å². The number of hydrogen-bond acceptors (Lipinski definition) is 2. The van der Waals surface area contributed by atoms with Gasteiger partial charge in [-0.25, -0.2) is 0 Å². The molecule has 1 N–H and O–H groups in total. The first-order valence-electron chi connectivity index (χ1n) is 4.24. The number of aromatic nitrogens is 1. The minimum atomic E-state index is 0.190. The zero-order valence-corrected chi connectivity index (χ0v) is 9.21. The quantitative estimate of drug-likeness (QED) is 0.820. The molecule has 0 radical (unpaired) electrons. The summed E-state index contributed by atoms with van der Waals surface area (Å²) in [6, 6.07) is 2.23. The van der Waals surface area contributed by atoms with Crippen LogP contribution in [0, 0.1) is 0 Å². The van der Waals surface area contributed by atoms with Crippen molar-refractivity contribution >= 4 is 15.9 Å². The summed E-state index contributed by atoms with van der Waals surface area (Å²) >= 11 is 3.39. The lowest BCUT2D eigenvalue weighted by atomic mass is 10.1. The van der Waals surface area contributed by atoms with Gasteiger partial charge in [-0.1, -0.05) is 13.0 Å². The fraction of sp³-hybridized carbons (Fsp3) is 0.300. The van der Waals surface area contributed by atoms with Crippen LogP contribution < -0.4 is 5.32 Å². The number of rotatable bonds is 4. The zero-order chi connectivity index (χ0) is 9.68. The molecule has 13 heavy (non-hydrogen) atoms. The maximum atomic E-state index is 4.10. The molecule has 0 saturated carbocycles. The van der Waals surface area contributed by atoms with E-state index < -0.39 is 0 Å². The molecular formula is C10H13BrN2. The highest BCUT2D eigenvalue weighted by Gasteiger charge is 2.05. The van der Waals surface area contributed by atoms with E-state index in [1.165, 1.54) is 0 Å². The molecule has 0 bridgehead atoms. The summed E-state index contributed by atoms with van der Waals surface area (Å²) in [6.45, 7) is 6.77. The van der Waals surface area contributed by atoms with Gasteiger partial charge in [-0.05, 0) is 34.1 Å². The van der Waals surface area contributed by atoms with E-state index in [2.05, 4.69) is 39.7 Å². The number of hydrogen-bond donors (Lipinski definition) is 1. The minimum Gasteiger partial charge on any atom is -0.307 e. The van der Waals surface area contributed by atoms with Crippen LogP contribution in [0.5, 0.6) is 0 Å². The fourth-order valence-electron chi connectivity index (χ4n) is 1.16. The Hall–Kier alpha value is -0.670. The van der Waals surface area contributed by atoms with E-state index in [4.69, 9.17) is 0 Å². The van der Waals surface area contributed by atoms with Crippen LogP contribution in [-0.2, 0) is 0 Å². The number of halogens is 1. The maximum absolute atomic E-state index is 4.10. The monoisotopic (exact) mass is 240 g/mol. The van der Waals surface area contributed by atoms with E-state index in [9.17, 15) is 0 Å². The van der Waals surface area contributed by atoms with Crippen LogP contribution in [0.15, 0.2) is 35.6 Å². The van der Waals surface area contributed by atoms with Gasteiger partial charge in [0, 0.05) is 16.9 Å². The predicted molar refractivity (Wildman–Crippen MR) is 58.6 cm³/mol. The highest BCUT2D eigenvalue weighted by molar-refractivity contribution is 9.10. The van der Waals surface area contributed by atoms with Crippen molar-refractivity contribution in [2.45, 2.75) is 13.0 Å². The standard InChI is InChI=1S/C10H13BrN2/c1-3-10(13-4-2)8-5-9(11)7-12-6-8/h3,5-7,10,13H,1,4H2,2H3. The minimum absolute atomic E-state index is 0.190. The van der Waals surface area contributed by atoms with Crippen molar-refractivity contribution in [3.05, 3.63) is 41.2 Å². The summed E-state index contributed by atoms with van der Waals surface area (Å²) in [5, 5.41) is 3.30. The summed E-state index contributed by atoms with van der Waals surface area (Å²) < 4.78 is 0.995. The van der Waals surface area contributed by atoms with E-state index >= 15 is 0 Å². The topological polar surface area (TPSA) is 24.9 Å². The molecule has 1 rings (SSSR count). The lowest BCUT2D eigenvalue weighted by Gasteiger charge is -2.13. The second kappa shape index (κ2) is 5.14. The van der Waals surface area contributed by atoms with Gasteiger partial charge in [0.2, 0.25) is 0 Å². The summed E-state index contributed by atoms with van der Waals surface area (Å²) in [7, 11) is 0. The number of nitrogens with zero attached hydrogens (tertiary/aromatic N) is 1. The first-order valence-corrected chi connectivity index (χ1v) is 5.03. The van der Waals surface area contributed by atoms with E-state index in [-0.39, 0.29) is 6.04 Å². The molecule has 0 spiro atoms. The van der Waals surface area contributed by atoms with Crippen molar-refractivity contribution in [3.8, 4) is 0 Å². The number of nitrogens with one attached hydrogen (secondary N) is 1. The average molecular weight is 241 g/mol. The smallest absolute Gasteiger partial charge is 0.0519 e. The molecule has 0 aliphatic rings. The molecule has 1 aromatic rings. The van der Waals surface area contributed by atoms with Gasteiger partial charge in [0.1, 0.15) is 0 Å². The van der Waals surface area contributed by atoms with Crippen LogP contribution in [0.2, 0.25) is 0 Å². The van der Waals surface area contributed by atoms with E-state index in [1.54, 1.807) is 6.20 Å². The molecule has 0 saturated heterocycles. The first-order chi connectivity index (χ1) is 6.27. The Morgan fingerprint density at radius 1 is 1.69 bits per heavy atom. The summed E-state index contributed by atoms with van der Waals surface area (Å²) in [4.78, 5) is 4.10. The van der Waals surface area contributed by atoms with Crippen molar-refractivity contribution < 1.29 is 0 Å². The predicted octanol–water partition coefficient (Wildman–Crippen LogP) is 2.68. The maximum Gasteiger partial charge on any atom is 0.0519 e. The van der Waals surface area contributed by atoms with Gasteiger partial charge in [-0.3, -0.25) is 4.98 Å². The Balaban J connectivity index is 2.84. The van der Waals surface area contributed by atoms with Crippen LogP contribution in [0.4, 0.5) is 0 Å². The molecule has 0 fully saturated rings. The third-order valence-electron chi connectivity index (χ3n) is 1.74. The molecule has 0 aliphatic carbocycles. The number of pyridine rings is 1. The Labute approximate surface area is 87.2 Å². The third kappa shape index (κ3) is 2.94. The van der Waals surface area contributed by atoms with Gasteiger partial charge in [-0.15, -0.1) is 6.58 Å². The van der Waals surface area contributed by atoms with Gasteiger partial charge in [0.25, 0.3) is 0 Å². The van der Waals surface area contributed by atoms with Crippen molar-refractivity contribution in [1.82, 2.24) is 10.3 Å². The van der Waals surface area contributed by atoms with Gasteiger partial charge in [0.05, 0.1) is 6.04 Å². The van der Waals surface area contributed by atoms with E-state index in [0.717, 1.165) is 16.6 Å². The molecule has 1 heterocycles. The number of likely N-dealkylation sites (N-methyl/N-ethyl adjacent to an activating group) is 1. The Morgan fingerprint density at radius 3 is 3.00 bits per heavy atom. The van der Waals surface area contributed by atoms with Gasteiger partial charge in [-0.2, -0.15) is 0 Å². The molecule has 3 heteroatoms. The largest absolute Gasteiger partial charge is 0.307 e. The SMILES string of the molecule is C=CC(NCC)c1cncc(Br)c1. The van der Waals surface area contributed by atoms with E-state index in [0.29, 0.717) is 0 Å². The molecular weight excluding hydrogens is 228 g/mol. The van der Waals surface area contributed by atoms with Gasteiger partial charge in [0.15, 0.2) is 0 Å². The van der Waals surface area contributed by atoms with Gasteiger partial charge >= 0.3 is 0 Å². The van der Waals surface area contributed by atoms with E-state index in [1.807, 2.05) is 18.3 Å². The molecule has 1 atom stereocenters. The third-order valence-corrected chi connectivity index (χ3v) is 2.18. The summed E-state index contributed by atoms with van der Waals surface area (Å²) in [5.41, 5.74) is 1.13. The molecule has 1 unspecified atom stereocenters. The Kier molecular flexibility index (Phi) is 4.12. The Morgan fingerprint density at radius 2 is 2.46 bits per heavy atom. The first kappa shape index (κ1) is 10.4. The summed E-state index contributed by atoms with van der Waals surface area (Å²) in [6.07, 6.45) is 5.50. The molecule has 2 nitrogen and oxygen atoms in total. The second-order valence-corrected chi connectivity index (χ2v) is 3.62. The van der Waals surface area contributed by atoms with Crippen molar-refractivity contribution in [1.29, 1.82) is 0 Å². The lowest BCUT2D eigenvalue weighted by Crippen LogP contribution is -2.18. The summed E-state index contributed by atoms with van der Waals surface area (Å²) in [5.74, 6) is 0.